The number of hydrogen-bond donors (Lipinski definition) is 2. The molecule has 4 fully saturated rings. The second-order valence-electron chi connectivity index (χ2n) is 13.0. The molecule has 0 aliphatic heterocycles. The molecule has 3 aromatic rings. The molecule has 4 saturated carbocycles. The first-order valence-corrected chi connectivity index (χ1v) is 15.2. The van der Waals surface area contributed by atoms with E-state index in [4.69, 9.17) is 14.5 Å². The SMILES string of the molecule is O=C(CC1CC(F)(F)C1)N[C@@H](c1ccn2cc([C@@H](NC(=O)c3conc3C3CC3)C3CCC(F)(F)CC3)nc2n1)C1CC1. The lowest BCUT2D eigenvalue weighted by molar-refractivity contribution is -0.134. The molecule has 3 heterocycles. The van der Waals surface area contributed by atoms with Gasteiger partial charge in [-0.1, -0.05) is 5.16 Å². The molecule has 0 saturated heterocycles. The summed E-state index contributed by atoms with van der Waals surface area (Å²) in [5.74, 6) is -5.85. The number of nitrogens with zero attached hydrogens (tertiary/aromatic N) is 4. The van der Waals surface area contributed by atoms with E-state index in [0.717, 1.165) is 25.7 Å². The number of rotatable bonds is 10. The van der Waals surface area contributed by atoms with Crippen LogP contribution in [-0.4, -0.2) is 43.2 Å². The van der Waals surface area contributed by atoms with Crippen LogP contribution in [-0.2, 0) is 4.79 Å². The molecule has 2 N–H and O–H groups in total. The summed E-state index contributed by atoms with van der Waals surface area (Å²) in [5, 5.41) is 10.1. The van der Waals surface area contributed by atoms with Crippen LogP contribution in [0.4, 0.5) is 17.6 Å². The maximum absolute atomic E-state index is 14.1. The highest BCUT2D eigenvalue weighted by molar-refractivity contribution is 5.95. The summed E-state index contributed by atoms with van der Waals surface area (Å²) >= 11 is 0. The zero-order valence-corrected chi connectivity index (χ0v) is 23.6. The van der Waals surface area contributed by atoms with Crippen molar-refractivity contribution in [3.05, 3.63) is 47.4 Å². The number of amides is 2. The smallest absolute Gasteiger partial charge is 0.257 e. The highest BCUT2D eigenvalue weighted by Crippen LogP contribution is 2.46. The van der Waals surface area contributed by atoms with E-state index in [1.54, 1.807) is 22.9 Å². The van der Waals surface area contributed by atoms with Crippen molar-refractivity contribution in [1.82, 2.24) is 30.2 Å². The molecule has 230 valence electrons. The molecule has 2 atom stereocenters. The number of alkyl halides is 4. The van der Waals surface area contributed by atoms with Gasteiger partial charge < -0.3 is 15.2 Å². The van der Waals surface area contributed by atoms with E-state index in [2.05, 4.69) is 15.8 Å². The van der Waals surface area contributed by atoms with Crippen molar-refractivity contribution in [3.8, 4) is 0 Å². The van der Waals surface area contributed by atoms with Crippen LogP contribution in [0.3, 0.4) is 0 Å². The number of fused-ring (bicyclic) bond motifs is 1. The number of hydrogen-bond acceptors (Lipinski definition) is 6. The third-order valence-electron chi connectivity index (χ3n) is 9.39. The number of nitrogens with one attached hydrogen (secondary N) is 2. The van der Waals surface area contributed by atoms with E-state index < -0.39 is 17.9 Å². The lowest BCUT2D eigenvalue weighted by Gasteiger charge is -2.34. The van der Waals surface area contributed by atoms with Crippen molar-refractivity contribution in [3.63, 3.8) is 0 Å². The molecule has 0 spiro atoms. The summed E-state index contributed by atoms with van der Waals surface area (Å²) in [6, 6.07) is 0.812. The van der Waals surface area contributed by atoms with Crippen molar-refractivity contribution in [2.24, 2.45) is 17.8 Å². The van der Waals surface area contributed by atoms with Crippen LogP contribution in [0.15, 0.2) is 29.2 Å². The maximum atomic E-state index is 14.1. The fraction of sp³-hybridized carbons (Fsp3) is 0.633. The Morgan fingerprint density at radius 2 is 1.60 bits per heavy atom. The standard InChI is InChI=1S/C30H34F4N6O3/c31-29(32)8-5-19(6-9-29)26(38-27(42)20-15-43-39-24(20)17-1-2-17)22-14-40-10-7-21(35-28(40)36-22)25(18-3-4-18)37-23(41)11-16-12-30(33,34)13-16/h7,10,14-19,25-26H,1-6,8-9,11-13H2,(H,37,41)(H,38,42)/t25-,26+/m1/s1. The van der Waals surface area contributed by atoms with Gasteiger partial charge in [0.15, 0.2) is 0 Å². The first-order valence-electron chi connectivity index (χ1n) is 15.2. The molecular formula is C30H34F4N6O3. The van der Waals surface area contributed by atoms with E-state index in [1.807, 2.05) is 0 Å². The van der Waals surface area contributed by atoms with Gasteiger partial charge in [-0.2, -0.15) is 0 Å². The second kappa shape index (κ2) is 10.6. The molecule has 9 nitrogen and oxygen atoms in total. The van der Waals surface area contributed by atoms with Crippen LogP contribution in [0.1, 0.15) is 116 Å². The highest BCUT2D eigenvalue weighted by atomic mass is 19.3. The molecule has 0 radical (unpaired) electrons. The Kier molecular flexibility index (Phi) is 6.96. The van der Waals surface area contributed by atoms with Crippen LogP contribution in [0, 0.1) is 17.8 Å². The summed E-state index contributed by atoms with van der Waals surface area (Å²) in [5.41, 5.74) is 2.10. The largest absolute Gasteiger partial charge is 0.364 e. The van der Waals surface area contributed by atoms with Gasteiger partial charge in [0.05, 0.1) is 29.2 Å². The Labute approximate surface area is 245 Å². The van der Waals surface area contributed by atoms with Gasteiger partial charge >= 0.3 is 0 Å². The van der Waals surface area contributed by atoms with E-state index in [0.29, 0.717) is 28.4 Å². The molecular weight excluding hydrogens is 568 g/mol. The molecule has 0 aromatic carbocycles. The zero-order chi connectivity index (χ0) is 29.9. The number of halogens is 4. The van der Waals surface area contributed by atoms with Gasteiger partial charge in [0.1, 0.15) is 11.8 Å². The van der Waals surface area contributed by atoms with Crippen LogP contribution >= 0.6 is 0 Å². The van der Waals surface area contributed by atoms with Gasteiger partial charge in [0.2, 0.25) is 23.5 Å². The van der Waals surface area contributed by atoms with Crippen LogP contribution in [0.5, 0.6) is 0 Å². The third-order valence-corrected chi connectivity index (χ3v) is 9.39. The normalized spacial score (nSPS) is 23.4. The Bertz CT molecular complexity index is 1510. The minimum atomic E-state index is -2.73. The average molecular weight is 603 g/mol. The van der Waals surface area contributed by atoms with Crippen molar-refractivity contribution >= 4 is 17.6 Å². The topological polar surface area (TPSA) is 114 Å². The Morgan fingerprint density at radius 1 is 0.930 bits per heavy atom. The van der Waals surface area contributed by atoms with Gasteiger partial charge in [-0.25, -0.2) is 27.5 Å². The van der Waals surface area contributed by atoms with Crippen molar-refractivity contribution in [1.29, 1.82) is 0 Å². The van der Waals surface area contributed by atoms with Gasteiger partial charge in [-0.3, -0.25) is 14.0 Å². The predicted octanol–water partition coefficient (Wildman–Crippen LogP) is 5.89. The van der Waals surface area contributed by atoms with Gasteiger partial charge in [0.25, 0.3) is 5.91 Å². The minimum absolute atomic E-state index is 0.0606. The summed E-state index contributed by atoms with van der Waals surface area (Å²) in [6.07, 6.45) is 8.05. The van der Waals surface area contributed by atoms with E-state index >= 15 is 0 Å². The summed E-state index contributed by atoms with van der Waals surface area (Å²) < 4.78 is 61.4. The van der Waals surface area contributed by atoms with E-state index in [1.165, 1.54) is 6.26 Å². The molecule has 0 unspecified atom stereocenters. The highest BCUT2D eigenvalue weighted by Gasteiger charge is 2.46. The molecule has 7 rings (SSSR count). The average Bonchev–Trinajstić information content (AvgIpc) is 3.87. The fourth-order valence-electron chi connectivity index (χ4n) is 6.63. The number of aromatic nitrogens is 4. The molecule has 43 heavy (non-hydrogen) atoms. The van der Waals surface area contributed by atoms with Crippen molar-refractivity contribution in [2.45, 2.75) is 100 Å². The monoisotopic (exact) mass is 602 g/mol. The molecule has 3 aromatic heterocycles. The number of carbonyl (C=O) groups is 2. The molecule has 13 heteroatoms. The van der Waals surface area contributed by atoms with Gasteiger partial charge in [0, 0.05) is 50.4 Å². The first-order chi connectivity index (χ1) is 20.5. The minimum Gasteiger partial charge on any atom is -0.364 e. The van der Waals surface area contributed by atoms with Crippen molar-refractivity contribution < 1.29 is 31.7 Å². The van der Waals surface area contributed by atoms with Gasteiger partial charge in [-0.15, -0.1) is 0 Å². The predicted molar refractivity (Wildman–Crippen MR) is 144 cm³/mol. The van der Waals surface area contributed by atoms with E-state index in [-0.39, 0.29) is 86.5 Å². The molecule has 0 bridgehead atoms. The summed E-state index contributed by atoms with van der Waals surface area (Å²) in [6.45, 7) is 0. The second-order valence-corrected chi connectivity index (χ2v) is 13.0. The fourth-order valence-corrected chi connectivity index (χ4v) is 6.63. The quantitative estimate of drug-likeness (QED) is 0.280. The molecule has 4 aliphatic rings. The Morgan fingerprint density at radius 3 is 2.28 bits per heavy atom. The summed E-state index contributed by atoms with van der Waals surface area (Å²) in [7, 11) is 0. The molecule has 2 amide bonds. The first kappa shape index (κ1) is 28.3. The van der Waals surface area contributed by atoms with Crippen LogP contribution in [0.2, 0.25) is 0 Å². The Balaban J connectivity index is 1.12. The third kappa shape index (κ3) is 6.12. The number of imidazole rings is 1. The molecule has 4 aliphatic carbocycles. The lowest BCUT2D eigenvalue weighted by atomic mass is 9.79. The summed E-state index contributed by atoms with van der Waals surface area (Å²) in [4.78, 5) is 35.6. The van der Waals surface area contributed by atoms with Crippen LogP contribution < -0.4 is 10.6 Å². The number of carbonyl (C=O) groups excluding carboxylic acids is 2. The van der Waals surface area contributed by atoms with Gasteiger partial charge in [-0.05, 0) is 62.3 Å². The maximum Gasteiger partial charge on any atom is 0.257 e. The van der Waals surface area contributed by atoms with Crippen molar-refractivity contribution in [2.75, 3.05) is 0 Å². The lowest BCUT2D eigenvalue weighted by Crippen LogP contribution is -2.39. The van der Waals surface area contributed by atoms with E-state index in [9.17, 15) is 27.2 Å². The Hall–Kier alpha value is -3.51. The van der Waals surface area contributed by atoms with Crippen LogP contribution in [0.25, 0.3) is 5.78 Å². The zero-order valence-electron chi connectivity index (χ0n) is 23.6.